The molecular formula is C32H27N3O3. The molecule has 3 aliphatic heterocycles. The second-order valence-electron chi connectivity index (χ2n) is 11.4. The van der Waals surface area contributed by atoms with Gasteiger partial charge in [0.05, 0.1) is 0 Å². The first-order valence-electron chi connectivity index (χ1n) is 13.6. The van der Waals surface area contributed by atoms with Crippen LogP contribution in [0.15, 0.2) is 87.8 Å². The van der Waals surface area contributed by atoms with Gasteiger partial charge in [0.2, 0.25) is 17.7 Å². The number of benzene rings is 3. The lowest BCUT2D eigenvalue weighted by Gasteiger charge is -2.29. The Bertz CT molecular complexity index is 1420. The van der Waals surface area contributed by atoms with Gasteiger partial charge in [-0.1, -0.05) is 72.8 Å². The van der Waals surface area contributed by atoms with E-state index in [1.807, 2.05) is 0 Å². The number of aliphatic imine (C=N–C) groups is 3. The predicted molar refractivity (Wildman–Crippen MR) is 144 cm³/mol. The van der Waals surface area contributed by atoms with Crippen LogP contribution in [-0.2, 0) is 33.5 Å². The zero-order valence-electron chi connectivity index (χ0n) is 21.1. The summed E-state index contributed by atoms with van der Waals surface area (Å²) < 4.78 is 20.0. The summed E-state index contributed by atoms with van der Waals surface area (Å²) in [5.74, 6) is 1.84. The summed E-state index contributed by atoms with van der Waals surface area (Å²) in [6, 6.07) is 25.5. The van der Waals surface area contributed by atoms with Crippen molar-refractivity contribution in [1.29, 1.82) is 0 Å². The lowest BCUT2D eigenvalue weighted by molar-refractivity contribution is 0.160. The maximum absolute atomic E-state index is 6.67. The van der Waals surface area contributed by atoms with Gasteiger partial charge in [-0.15, -0.1) is 0 Å². The van der Waals surface area contributed by atoms with E-state index in [4.69, 9.17) is 29.2 Å². The highest BCUT2D eigenvalue weighted by Crippen LogP contribution is 2.50. The van der Waals surface area contributed by atoms with Crippen LogP contribution in [0.2, 0.25) is 0 Å². The minimum atomic E-state index is -0.919. The van der Waals surface area contributed by atoms with Crippen LogP contribution in [0.4, 0.5) is 0 Å². The number of hydrogen-bond acceptors (Lipinski definition) is 6. The zero-order chi connectivity index (χ0) is 25.0. The fraction of sp³-hybridized carbons (Fsp3) is 0.344. The molecule has 188 valence electrons. The summed E-state index contributed by atoms with van der Waals surface area (Å²) in [4.78, 5) is 15.6. The van der Waals surface area contributed by atoms with E-state index in [1.54, 1.807) is 0 Å². The molecule has 6 nitrogen and oxygen atoms in total. The highest BCUT2D eigenvalue weighted by Gasteiger charge is 2.58. The van der Waals surface area contributed by atoms with Crippen molar-refractivity contribution in [3.8, 4) is 0 Å². The van der Waals surface area contributed by atoms with E-state index in [1.165, 1.54) is 33.4 Å². The Kier molecular flexibility index (Phi) is 4.07. The van der Waals surface area contributed by atoms with E-state index in [2.05, 4.69) is 79.7 Å². The smallest absolute Gasteiger partial charge is 0.209 e. The number of rotatable bonds is 3. The fourth-order valence-corrected chi connectivity index (χ4v) is 7.30. The molecule has 38 heavy (non-hydrogen) atoms. The van der Waals surface area contributed by atoms with E-state index in [-0.39, 0.29) is 36.4 Å². The first-order valence-corrected chi connectivity index (χ1v) is 13.6. The van der Waals surface area contributed by atoms with Gasteiger partial charge in [-0.05, 0) is 40.3 Å². The molecule has 3 heterocycles. The summed E-state index contributed by atoms with van der Waals surface area (Å²) >= 11 is 0. The van der Waals surface area contributed by atoms with Crippen LogP contribution in [0, 0.1) is 5.41 Å². The SMILES string of the molecule is CC(C1=N[C@@H]2c3ccccc3C[C@@H]2O1)(C1=N[C@@H]2c3ccccc3C[C@@H]2O1)C1=N[C@@H]2c3ccccc3C[C@@H]2O1. The van der Waals surface area contributed by atoms with Crippen LogP contribution < -0.4 is 0 Å². The van der Waals surface area contributed by atoms with Gasteiger partial charge < -0.3 is 14.2 Å². The van der Waals surface area contributed by atoms with Crippen molar-refractivity contribution in [2.24, 2.45) is 20.4 Å². The molecule has 3 aromatic carbocycles. The standard InChI is InChI=1S/C32H27N3O3/c1-32(29-33-26-20-11-5-2-8-17(20)14-23(26)36-29,30-34-27-21-12-6-3-9-18(21)15-24(27)37-30)31-35-28-22-13-7-4-10-19(22)16-25(28)38-31/h2-13,23-28H,14-16H2,1H3/t23-,24-,25-,26+,27+,28+/m0/s1. The Morgan fingerprint density at radius 2 is 0.842 bits per heavy atom. The van der Waals surface area contributed by atoms with Crippen molar-refractivity contribution in [2.45, 2.75) is 62.6 Å². The van der Waals surface area contributed by atoms with E-state index >= 15 is 0 Å². The summed E-state index contributed by atoms with van der Waals surface area (Å²) in [6.07, 6.45) is 2.48. The third-order valence-corrected chi connectivity index (χ3v) is 9.28. The van der Waals surface area contributed by atoms with E-state index in [9.17, 15) is 0 Å². The zero-order valence-corrected chi connectivity index (χ0v) is 21.1. The average molecular weight is 502 g/mol. The van der Waals surface area contributed by atoms with Gasteiger partial charge in [-0.25, -0.2) is 15.0 Å². The molecule has 3 aromatic rings. The monoisotopic (exact) mass is 501 g/mol. The van der Waals surface area contributed by atoms with Gasteiger partial charge in [-0.3, -0.25) is 0 Å². The van der Waals surface area contributed by atoms with Crippen molar-refractivity contribution in [1.82, 2.24) is 0 Å². The number of nitrogens with zero attached hydrogens (tertiary/aromatic N) is 3. The van der Waals surface area contributed by atoms with Crippen LogP contribution in [0.3, 0.4) is 0 Å². The molecule has 0 bridgehead atoms. The topological polar surface area (TPSA) is 64.8 Å². The highest BCUT2D eigenvalue weighted by atomic mass is 16.5. The maximum Gasteiger partial charge on any atom is 0.209 e. The van der Waals surface area contributed by atoms with Gasteiger partial charge in [0.25, 0.3) is 0 Å². The molecule has 6 heteroatoms. The molecule has 0 unspecified atom stereocenters. The van der Waals surface area contributed by atoms with Gasteiger partial charge in [0.1, 0.15) is 36.4 Å². The summed E-state index contributed by atoms with van der Waals surface area (Å²) in [7, 11) is 0. The van der Waals surface area contributed by atoms with Gasteiger partial charge in [0, 0.05) is 19.3 Å². The van der Waals surface area contributed by atoms with Crippen LogP contribution in [0.25, 0.3) is 0 Å². The molecular weight excluding hydrogens is 474 g/mol. The third kappa shape index (κ3) is 2.70. The molecule has 3 aliphatic carbocycles. The first kappa shape index (κ1) is 21.1. The van der Waals surface area contributed by atoms with Crippen LogP contribution in [-0.4, -0.2) is 36.0 Å². The minimum Gasteiger partial charge on any atom is -0.474 e. The molecule has 0 spiro atoms. The second kappa shape index (κ2) is 7.34. The normalized spacial score (nSPS) is 31.0. The van der Waals surface area contributed by atoms with E-state index in [0.717, 1.165) is 19.3 Å². The molecule has 0 saturated carbocycles. The van der Waals surface area contributed by atoms with Crippen LogP contribution in [0.1, 0.15) is 58.4 Å². The Morgan fingerprint density at radius 1 is 0.526 bits per heavy atom. The maximum atomic E-state index is 6.67. The molecule has 0 saturated heterocycles. The number of ether oxygens (including phenoxy) is 3. The lowest BCUT2D eigenvalue weighted by atomic mass is 9.89. The van der Waals surface area contributed by atoms with Crippen LogP contribution >= 0.6 is 0 Å². The third-order valence-electron chi connectivity index (χ3n) is 9.28. The van der Waals surface area contributed by atoms with Crippen molar-refractivity contribution in [2.75, 3.05) is 0 Å². The molecule has 0 aromatic heterocycles. The largest absolute Gasteiger partial charge is 0.474 e. The Hall–Kier alpha value is -3.93. The van der Waals surface area contributed by atoms with Crippen molar-refractivity contribution in [3.63, 3.8) is 0 Å². The molecule has 9 rings (SSSR count). The van der Waals surface area contributed by atoms with Crippen molar-refractivity contribution in [3.05, 3.63) is 106 Å². The average Bonchev–Trinajstić information content (AvgIpc) is 3.75. The molecule has 6 atom stereocenters. The van der Waals surface area contributed by atoms with E-state index < -0.39 is 5.41 Å². The van der Waals surface area contributed by atoms with Crippen LogP contribution in [0.5, 0.6) is 0 Å². The predicted octanol–water partition coefficient (Wildman–Crippen LogP) is 5.28. The van der Waals surface area contributed by atoms with Crippen molar-refractivity contribution < 1.29 is 14.2 Å². The minimum absolute atomic E-state index is 0.0221. The Labute approximate surface area is 221 Å². The molecule has 0 amide bonds. The summed E-state index contributed by atoms with van der Waals surface area (Å²) in [5.41, 5.74) is 6.76. The second-order valence-corrected chi connectivity index (χ2v) is 11.4. The van der Waals surface area contributed by atoms with E-state index in [0.29, 0.717) is 17.7 Å². The van der Waals surface area contributed by atoms with Gasteiger partial charge in [-0.2, -0.15) is 0 Å². The number of fused-ring (bicyclic) bond motifs is 9. The molecule has 0 radical (unpaired) electrons. The fourth-order valence-electron chi connectivity index (χ4n) is 7.30. The lowest BCUT2D eigenvalue weighted by Crippen LogP contribution is -2.46. The summed E-state index contributed by atoms with van der Waals surface area (Å²) in [5, 5.41) is 0. The summed E-state index contributed by atoms with van der Waals surface area (Å²) in [6.45, 7) is 2.08. The quantitative estimate of drug-likeness (QED) is 0.491. The Balaban J connectivity index is 1.16. The molecule has 0 N–H and O–H groups in total. The van der Waals surface area contributed by atoms with Gasteiger partial charge >= 0.3 is 0 Å². The number of hydrogen-bond donors (Lipinski definition) is 0. The first-order chi connectivity index (χ1) is 18.7. The van der Waals surface area contributed by atoms with Gasteiger partial charge in [0.15, 0.2) is 5.41 Å². The molecule has 6 aliphatic rings. The molecule has 0 fully saturated rings. The van der Waals surface area contributed by atoms with Crippen molar-refractivity contribution >= 4 is 17.7 Å². The Morgan fingerprint density at radius 3 is 1.18 bits per heavy atom. The highest BCUT2D eigenvalue weighted by molar-refractivity contribution is 6.23.